The highest BCUT2D eigenvalue weighted by molar-refractivity contribution is 6.76. The molecule has 2 aliphatic heterocycles. The van der Waals surface area contributed by atoms with E-state index in [-0.39, 0.29) is 6.61 Å². The number of ether oxygens (including phenoxy) is 3. The van der Waals surface area contributed by atoms with Crippen molar-refractivity contribution in [3.05, 3.63) is 0 Å². The molecule has 0 aromatic carbocycles. The molecule has 2 aliphatic rings. The molecule has 0 radical (unpaired) electrons. The van der Waals surface area contributed by atoms with Gasteiger partial charge >= 0.3 is 0 Å². The van der Waals surface area contributed by atoms with Gasteiger partial charge in [-0.2, -0.15) is 0 Å². The van der Waals surface area contributed by atoms with Crippen molar-refractivity contribution in [1.82, 2.24) is 0 Å². The van der Waals surface area contributed by atoms with Gasteiger partial charge in [-0.05, 0) is 6.04 Å². The summed E-state index contributed by atoms with van der Waals surface area (Å²) in [5, 5.41) is 80.9. The zero-order valence-electron chi connectivity index (χ0n) is 16.8. The van der Waals surface area contributed by atoms with Crippen molar-refractivity contribution >= 4 is 8.07 Å². The molecule has 0 amide bonds. The molecule has 0 spiro atoms. The summed E-state index contributed by atoms with van der Waals surface area (Å²) in [5.74, 6) is -2.28. The molecule has 0 bridgehead atoms. The lowest BCUT2D eigenvalue weighted by Gasteiger charge is -2.54. The van der Waals surface area contributed by atoms with Crippen molar-refractivity contribution in [3.63, 3.8) is 0 Å². The van der Waals surface area contributed by atoms with Crippen molar-refractivity contribution in [2.45, 2.75) is 86.4 Å². The van der Waals surface area contributed by atoms with Crippen LogP contribution in [-0.2, 0) is 14.2 Å². The van der Waals surface area contributed by atoms with Crippen LogP contribution in [0.5, 0.6) is 0 Å². The SMILES string of the molecule is C[Si](C)(C)CCO[C@]1([C@@H]2O[C@H](CO)[C@H](O)[C@H](O)[C@H]2O)O[C@H](CO)[C@@H](O)[C@H](O)[C@H]1O. The van der Waals surface area contributed by atoms with E-state index in [2.05, 4.69) is 19.6 Å². The molecule has 29 heavy (non-hydrogen) atoms. The second kappa shape index (κ2) is 9.50. The van der Waals surface area contributed by atoms with E-state index < -0.39 is 82.0 Å². The molecule has 0 saturated carbocycles. The second-order valence-corrected chi connectivity index (χ2v) is 14.5. The molecule has 10 atom stereocenters. The van der Waals surface area contributed by atoms with Crippen LogP contribution in [0.15, 0.2) is 0 Å². The van der Waals surface area contributed by atoms with Gasteiger partial charge in [0.25, 0.3) is 0 Å². The molecule has 2 saturated heterocycles. The van der Waals surface area contributed by atoms with Crippen LogP contribution < -0.4 is 0 Å². The van der Waals surface area contributed by atoms with Crippen LogP contribution in [0.1, 0.15) is 0 Å². The molecular formula is C17H34O11Si. The third-order valence-corrected chi connectivity index (χ3v) is 7.15. The Balaban J connectivity index is 2.43. The molecule has 0 aromatic heterocycles. The molecule has 2 fully saturated rings. The topological polar surface area (TPSA) is 190 Å². The van der Waals surface area contributed by atoms with E-state index in [1.807, 2.05) is 0 Å². The first kappa shape index (κ1) is 25.0. The third kappa shape index (κ3) is 5.00. The summed E-state index contributed by atoms with van der Waals surface area (Å²) in [5.41, 5.74) is 0. The Bertz CT molecular complexity index is 528. The van der Waals surface area contributed by atoms with Gasteiger partial charge in [0, 0.05) is 14.7 Å². The standard InChI is InChI=1S/C17H34O11Si/c1-29(2,3)5-4-26-17(15(25)13(23)11(21)9(7-19)28-17)16-14(24)12(22)10(20)8(6-18)27-16/h8-16,18-25H,4-7H2,1-3H3/t8-,9-,10+,11-,12+,13+,14-,15-,16-,17+/m1/s1. The summed E-state index contributed by atoms with van der Waals surface area (Å²) in [6, 6.07) is 0.602. The van der Waals surface area contributed by atoms with Gasteiger partial charge in [0.15, 0.2) is 0 Å². The number of aliphatic hydroxyl groups excluding tert-OH is 8. The number of aliphatic hydroxyl groups is 8. The van der Waals surface area contributed by atoms with Crippen LogP contribution in [0.2, 0.25) is 25.7 Å². The smallest absolute Gasteiger partial charge is 0.227 e. The molecule has 0 unspecified atom stereocenters. The van der Waals surface area contributed by atoms with Crippen molar-refractivity contribution in [2.75, 3.05) is 19.8 Å². The monoisotopic (exact) mass is 442 g/mol. The van der Waals surface area contributed by atoms with Crippen LogP contribution >= 0.6 is 0 Å². The van der Waals surface area contributed by atoms with Gasteiger partial charge in [0.1, 0.15) is 54.9 Å². The Hall–Kier alpha value is -0.223. The van der Waals surface area contributed by atoms with E-state index in [9.17, 15) is 40.9 Å². The first-order chi connectivity index (χ1) is 13.4. The summed E-state index contributed by atoms with van der Waals surface area (Å²) in [6.45, 7) is 4.81. The first-order valence-corrected chi connectivity index (χ1v) is 13.4. The van der Waals surface area contributed by atoms with E-state index in [0.29, 0.717) is 6.04 Å². The molecule has 2 rings (SSSR count). The maximum Gasteiger partial charge on any atom is 0.227 e. The van der Waals surface area contributed by atoms with E-state index in [4.69, 9.17) is 14.2 Å². The predicted octanol–water partition coefficient (Wildman–Crippen LogP) is -3.65. The van der Waals surface area contributed by atoms with E-state index in [0.717, 1.165) is 0 Å². The van der Waals surface area contributed by atoms with Crippen molar-refractivity contribution < 1.29 is 55.1 Å². The minimum Gasteiger partial charge on any atom is -0.394 e. The van der Waals surface area contributed by atoms with Gasteiger partial charge in [-0.25, -0.2) is 0 Å². The van der Waals surface area contributed by atoms with E-state index in [1.165, 1.54) is 0 Å². The van der Waals surface area contributed by atoms with E-state index >= 15 is 0 Å². The maximum absolute atomic E-state index is 10.8. The van der Waals surface area contributed by atoms with Gasteiger partial charge in [-0.15, -0.1) is 0 Å². The summed E-state index contributed by atoms with van der Waals surface area (Å²) in [6.07, 6.45) is -15.0. The number of rotatable bonds is 7. The molecule has 0 aromatic rings. The highest BCUT2D eigenvalue weighted by Gasteiger charge is 2.64. The van der Waals surface area contributed by atoms with Gasteiger partial charge in [0.05, 0.1) is 13.2 Å². The Kier molecular flexibility index (Phi) is 8.21. The largest absolute Gasteiger partial charge is 0.394 e. The molecule has 8 N–H and O–H groups in total. The lowest BCUT2D eigenvalue weighted by atomic mass is 9.83. The summed E-state index contributed by atoms with van der Waals surface area (Å²) < 4.78 is 17.0. The van der Waals surface area contributed by atoms with Crippen molar-refractivity contribution in [1.29, 1.82) is 0 Å². The Morgan fingerprint density at radius 3 is 1.86 bits per heavy atom. The normalized spacial score (nSPS) is 46.7. The zero-order valence-corrected chi connectivity index (χ0v) is 17.8. The Labute approximate surface area is 170 Å². The fraction of sp³-hybridized carbons (Fsp3) is 1.00. The minimum atomic E-state index is -2.28. The maximum atomic E-state index is 10.8. The summed E-state index contributed by atoms with van der Waals surface area (Å²) in [7, 11) is -1.62. The average Bonchev–Trinajstić information content (AvgIpc) is 2.66. The highest BCUT2D eigenvalue weighted by atomic mass is 28.3. The molecular weight excluding hydrogens is 408 g/mol. The van der Waals surface area contributed by atoms with Crippen LogP contribution in [0.3, 0.4) is 0 Å². The third-order valence-electron chi connectivity index (χ3n) is 5.45. The Morgan fingerprint density at radius 2 is 1.34 bits per heavy atom. The van der Waals surface area contributed by atoms with Crippen LogP contribution in [0.25, 0.3) is 0 Å². The fourth-order valence-electron chi connectivity index (χ4n) is 3.55. The number of hydrogen-bond donors (Lipinski definition) is 8. The van der Waals surface area contributed by atoms with Crippen molar-refractivity contribution in [3.8, 4) is 0 Å². The lowest BCUT2D eigenvalue weighted by Crippen LogP contribution is -2.76. The first-order valence-electron chi connectivity index (χ1n) is 9.67. The summed E-state index contributed by atoms with van der Waals surface area (Å²) >= 11 is 0. The van der Waals surface area contributed by atoms with Crippen molar-refractivity contribution in [2.24, 2.45) is 0 Å². The Morgan fingerprint density at radius 1 is 0.793 bits per heavy atom. The van der Waals surface area contributed by atoms with Gasteiger partial charge in [-0.3, -0.25) is 0 Å². The number of hydrogen-bond acceptors (Lipinski definition) is 11. The molecule has 0 aliphatic carbocycles. The highest BCUT2D eigenvalue weighted by Crippen LogP contribution is 2.40. The minimum absolute atomic E-state index is 0.0305. The van der Waals surface area contributed by atoms with Gasteiger partial charge < -0.3 is 55.1 Å². The van der Waals surface area contributed by atoms with Gasteiger partial charge in [-0.1, -0.05) is 19.6 Å². The molecule has 12 heteroatoms. The molecule has 172 valence electrons. The zero-order chi connectivity index (χ0) is 22.1. The molecule has 11 nitrogen and oxygen atoms in total. The average molecular weight is 443 g/mol. The lowest BCUT2D eigenvalue weighted by molar-refractivity contribution is -0.417. The fourth-order valence-corrected chi connectivity index (χ4v) is 4.27. The van der Waals surface area contributed by atoms with Crippen LogP contribution in [-0.4, -0.2) is 129 Å². The summed E-state index contributed by atoms with van der Waals surface area (Å²) in [4.78, 5) is 0. The van der Waals surface area contributed by atoms with Gasteiger partial charge in [0.2, 0.25) is 5.79 Å². The predicted molar refractivity (Wildman–Crippen MR) is 101 cm³/mol. The molecule has 2 heterocycles. The van der Waals surface area contributed by atoms with E-state index in [1.54, 1.807) is 0 Å². The second-order valence-electron chi connectivity index (χ2n) is 8.89. The van der Waals surface area contributed by atoms with Crippen LogP contribution in [0, 0.1) is 0 Å². The van der Waals surface area contributed by atoms with Crippen LogP contribution in [0.4, 0.5) is 0 Å². The quantitative estimate of drug-likeness (QED) is 0.181.